The number of hydrogen-bond acceptors (Lipinski definition) is 3. The Morgan fingerprint density at radius 2 is 1.93 bits per heavy atom. The lowest BCUT2D eigenvalue weighted by atomic mass is 10.0. The predicted octanol–water partition coefficient (Wildman–Crippen LogP) is 3.19. The summed E-state index contributed by atoms with van der Waals surface area (Å²) < 4.78 is 0. The van der Waals surface area contributed by atoms with Gasteiger partial charge in [-0.1, -0.05) is 6.07 Å². The van der Waals surface area contributed by atoms with Crippen molar-refractivity contribution in [2.45, 2.75) is 20.8 Å². The van der Waals surface area contributed by atoms with E-state index in [9.17, 15) is 0 Å². The van der Waals surface area contributed by atoms with Crippen molar-refractivity contribution in [1.29, 1.82) is 5.26 Å². The molecule has 0 saturated heterocycles. The van der Waals surface area contributed by atoms with E-state index in [1.807, 2.05) is 26.0 Å². The van der Waals surface area contributed by atoms with Crippen molar-refractivity contribution in [3.8, 4) is 6.07 Å². The maximum Gasteiger partial charge on any atom is 0.101 e. The van der Waals surface area contributed by atoms with Crippen LogP contribution in [-0.2, 0) is 0 Å². The lowest BCUT2D eigenvalue weighted by Crippen LogP contribution is -2.02. The Balaban J connectivity index is 0. The fourth-order valence-corrected chi connectivity index (χ4v) is 1.31. The zero-order chi connectivity index (χ0) is 9.84. The minimum atomic E-state index is 0. The molecule has 0 radical (unpaired) electrons. The van der Waals surface area contributed by atoms with Crippen molar-refractivity contribution in [1.82, 2.24) is 6.15 Å². The summed E-state index contributed by atoms with van der Waals surface area (Å²) in [6.45, 7) is 6.97. The number of anilines is 1. The van der Waals surface area contributed by atoms with E-state index in [0.29, 0.717) is 0 Å². The second-order valence-corrected chi connectivity index (χ2v) is 3.07. The van der Waals surface area contributed by atoms with Crippen molar-refractivity contribution < 1.29 is 0 Å². The van der Waals surface area contributed by atoms with Gasteiger partial charge in [0.05, 0.1) is 11.3 Å². The minimum Gasteiger partial charge on any atom is -0.384 e. The van der Waals surface area contributed by atoms with Crippen LogP contribution in [0.5, 0.6) is 0 Å². The molecule has 0 saturated carbocycles. The topological polar surface area (TPSA) is 70.8 Å². The molecule has 4 N–H and O–H groups in total. The average molecular weight is 228 g/mol. The summed E-state index contributed by atoms with van der Waals surface area (Å²) in [5.41, 5.74) is 4.09. The molecule has 0 bridgehead atoms. The van der Waals surface area contributed by atoms with E-state index in [1.54, 1.807) is 0 Å². The molecule has 0 spiro atoms. The number of hydrogen-bond donors (Lipinski definition) is 2. The van der Waals surface area contributed by atoms with Crippen molar-refractivity contribution in [2.24, 2.45) is 0 Å². The smallest absolute Gasteiger partial charge is 0.101 e. The quantitative estimate of drug-likeness (QED) is 0.815. The molecule has 0 aromatic heterocycles. The van der Waals surface area contributed by atoms with Crippen LogP contribution in [0.25, 0.3) is 0 Å². The third-order valence-electron chi connectivity index (χ3n) is 2.21. The highest BCUT2D eigenvalue weighted by atomic mass is 35.5. The van der Waals surface area contributed by atoms with Gasteiger partial charge in [-0.3, -0.25) is 0 Å². The second kappa shape index (κ2) is 7.10. The summed E-state index contributed by atoms with van der Waals surface area (Å²) in [5, 5.41) is 12.1. The van der Waals surface area contributed by atoms with Gasteiger partial charge < -0.3 is 11.5 Å². The molecule has 1 aromatic carbocycles. The fourth-order valence-electron chi connectivity index (χ4n) is 1.31. The molecule has 0 aliphatic carbocycles. The molecule has 15 heavy (non-hydrogen) atoms. The Morgan fingerprint density at radius 1 is 1.33 bits per heavy atom. The van der Waals surface area contributed by atoms with E-state index >= 15 is 0 Å². The van der Waals surface area contributed by atoms with Gasteiger partial charge in [-0.2, -0.15) is 5.26 Å². The van der Waals surface area contributed by atoms with Crippen molar-refractivity contribution in [3.05, 3.63) is 28.8 Å². The van der Waals surface area contributed by atoms with Crippen LogP contribution in [0, 0.1) is 25.2 Å². The summed E-state index contributed by atoms with van der Waals surface area (Å²) in [5.74, 6) is 0. The first-order valence-electron chi connectivity index (χ1n) is 4.44. The highest BCUT2D eigenvalue weighted by Crippen LogP contribution is 2.22. The normalized spacial score (nSPS) is 8.13. The van der Waals surface area contributed by atoms with Crippen LogP contribution in [0.1, 0.15) is 23.6 Å². The van der Waals surface area contributed by atoms with E-state index in [2.05, 4.69) is 18.3 Å². The molecule has 3 nitrogen and oxygen atoms in total. The summed E-state index contributed by atoms with van der Waals surface area (Å²) >= 11 is 0. The molecule has 0 aliphatic heterocycles. The molecule has 0 amide bonds. The third-order valence-corrected chi connectivity index (χ3v) is 2.21. The fraction of sp³-hybridized carbons (Fsp3) is 0.364. The molecular weight excluding hydrogens is 210 g/mol. The molecule has 0 atom stereocenters. The molecule has 1 aromatic rings. The number of halogens is 1. The molecule has 0 aliphatic rings. The molecule has 1 rings (SSSR count). The van der Waals surface area contributed by atoms with Crippen LogP contribution in [-0.4, -0.2) is 6.54 Å². The summed E-state index contributed by atoms with van der Waals surface area (Å²) in [7, 11) is 0. The third kappa shape index (κ3) is 3.43. The summed E-state index contributed by atoms with van der Waals surface area (Å²) in [6.07, 6.45) is 0. The molecular formula is C11H18ClN3. The van der Waals surface area contributed by atoms with Crippen LogP contribution in [0.4, 0.5) is 5.69 Å². The lowest BCUT2D eigenvalue weighted by Gasteiger charge is -2.11. The Hall–Kier alpha value is -1.24. The van der Waals surface area contributed by atoms with Gasteiger partial charge >= 0.3 is 0 Å². The zero-order valence-corrected chi connectivity index (χ0v) is 10.2. The minimum absolute atomic E-state index is 0. The van der Waals surface area contributed by atoms with Gasteiger partial charge in [0.1, 0.15) is 6.07 Å². The average Bonchev–Trinajstić information content (AvgIpc) is 2.14. The van der Waals surface area contributed by atoms with Gasteiger partial charge in [0.2, 0.25) is 0 Å². The van der Waals surface area contributed by atoms with E-state index in [4.69, 9.17) is 5.26 Å². The largest absolute Gasteiger partial charge is 0.384 e. The number of nitrogens with zero attached hydrogens (tertiary/aromatic N) is 1. The SMILES string of the molecule is CCNc1c(C#N)ccc(C)c1C.Cl.N. The Morgan fingerprint density at radius 3 is 2.40 bits per heavy atom. The predicted molar refractivity (Wildman–Crippen MR) is 67.1 cm³/mol. The monoisotopic (exact) mass is 227 g/mol. The van der Waals surface area contributed by atoms with Gasteiger partial charge in [-0.25, -0.2) is 0 Å². The van der Waals surface area contributed by atoms with E-state index in [0.717, 1.165) is 17.8 Å². The number of benzene rings is 1. The van der Waals surface area contributed by atoms with Gasteiger partial charge in [0.25, 0.3) is 0 Å². The maximum absolute atomic E-state index is 8.87. The van der Waals surface area contributed by atoms with Gasteiger partial charge in [-0.15, -0.1) is 12.4 Å². The van der Waals surface area contributed by atoms with Crippen molar-refractivity contribution >= 4 is 18.1 Å². The lowest BCUT2D eigenvalue weighted by molar-refractivity contribution is 1.18. The van der Waals surface area contributed by atoms with Gasteiger partial charge in [-0.05, 0) is 38.0 Å². The Labute approximate surface area is 97.5 Å². The first-order chi connectivity index (χ1) is 6.20. The first kappa shape index (κ1) is 16.2. The molecule has 0 heterocycles. The van der Waals surface area contributed by atoms with Crippen LogP contribution < -0.4 is 11.5 Å². The van der Waals surface area contributed by atoms with E-state index < -0.39 is 0 Å². The highest BCUT2D eigenvalue weighted by Gasteiger charge is 2.05. The number of nitriles is 1. The molecule has 0 fully saturated rings. The Bertz CT molecular complexity index is 356. The molecule has 84 valence electrons. The van der Waals surface area contributed by atoms with Crippen molar-refractivity contribution in [2.75, 3.05) is 11.9 Å². The molecule has 4 heteroatoms. The number of aryl methyl sites for hydroxylation is 1. The van der Waals surface area contributed by atoms with Gasteiger partial charge in [0.15, 0.2) is 0 Å². The van der Waals surface area contributed by atoms with Crippen molar-refractivity contribution in [3.63, 3.8) is 0 Å². The van der Waals surface area contributed by atoms with Crippen LogP contribution in [0.15, 0.2) is 12.1 Å². The number of nitrogens with one attached hydrogen (secondary N) is 1. The van der Waals surface area contributed by atoms with Crippen LogP contribution in [0.3, 0.4) is 0 Å². The second-order valence-electron chi connectivity index (χ2n) is 3.07. The zero-order valence-electron chi connectivity index (χ0n) is 9.42. The van der Waals surface area contributed by atoms with E-state index in [1.165, 1.54) is 11.1 Å². The van der Waals surface area contributed by atoms with Gasteiger partial charge in [0, 0.05) is 6.54 Å². The first-order valence-corrected chi connectivity index (χ1v) is 4.44. The summed E-state index contributed by atoms with van der Waals surface area (Å²) in [6, 6.07) is 6.03. The highest BCUT2D eigenvalue weighted by molar-refractivity contribution is 5.85. The standard InChI is InChI=1S/C11H14N2.ClH.H3N/c1-4-13-11-9(3)8(2)5-6-10(11)7-12;;/h5-6,13H,4H2,1-3H3;1H;1H3. The molecule has 0 unspecified atom stereocenters. The Kier molecular flexibility index (Phi) is 7.67. The van der Waals surface area contributed by atoms with Crippen LogP contribution >= 0.6 is 12.4 Å². The maximum atomic E-state index is 8.87. The summed E-state index contributed by atoms with van der Waals surface area (Å²) in [4.78, 5) is 0. The van der Waals surface area contributed by atoms with Crippen LogP contribution in [0.2, 0.25) is 0 Å². The number of rotatable bonds is 2. The van der Waals surface area contributed by atoms with E-state index in [-0.39, 0.29) is 18.6 Å².